The van der Waals surface area contributed by atoms with Crippen molar-refractivity contribution in [3.8, 4) is 0 Å². The largest absolute Gasteiger partial charge is 0.338 e. The molecule has 1 aromatic heterocycles. The van der Waals surface area contributed by atoms with Gasteiger partial charge in [-0.2, -0.15) is 5.10 Å². The van der Waals surface area contributed by atoms with Crippen LogP contribution in [0, 0.1) is 6.92 Å². The van der Waals surface area contributed by atoms with Crippen molar-refractivity contribution in [3.05, 3.63) is 17.5 Å². The summed E-state index contributed by atoms with van der Waals surface area (Å²) in [7, 11) is 1.79. The summed E-state index contributed by atoms with van der Waals surface area (Å²) in [4.78, 5) is 13.9. The van der Waals surface area contributed by atoms with Gasteiger partial charge in [-0.15, -0.1) is 11.6 Å². The molecule has 0 N–H and O–H groups in total. The number of rotatable bonds is 5. The summed E-state index contributed by atoms with van der Waals surface area (Å²) in [5.41, 5.74) is 1.49. The van der Waals surface area contributed by atoms with Gasteiger partial charge in [0.1, 0.15) is 5.69 Å². The van der Waals surface area contributed by atoms with Crippen LogP contribution in [0.5, 0.6) is 0 Å². The van der Waals surface area contributed by atoms with Gasteiger partial charge in [0.25, 0.3) is 5.91 Å². The second kappa shape index (κ2) is 5.89. The first-order chi connectivity index (χ1) is 7.60. The topological polar surface area (TPSA) is 38.1 Å². The van der Waals surface area contributed by atoms with Crippen molar-refractivity contribution in [2.24, 2.45) is 7.05 Å². The van der Waals surface area contributed by atoms with Crippen LogP contribution >= 0.6 is 11.6 Å². The number of carbonyl (C=O) groups excluding carboxylic acids is 1. The Balaban J connectivity index is 2.78. The maximum absolute atomic E-state index is 12.1. The number of carbonyl (C=O) groups is 1. The molecule has 0 spiro atoms. The molecular formula is C11H18ClN3O. The lowest BCUT2D eigenvalue weighted by atomic mass is 10.3. The number of hydrogen-bond donors (Lipinski definition) is 0. The molecule has 0 atom stereocenters. The summed E-state index contributed by atoms with van der Waals surface area (Å²) in [6.07, 6.45) is 0.817. The van der Waals surface area contributed by atoms with Crippen molar-refractivity contribution < 1.29 is 4.79 Å². The number of alkyl halides is 1. The number of halogens is 1. The van der Waals surface area contributed by atoms with Gasteiger partial charge in [-0.05, 0) is 26.3 Å². The number of amides is 1. The Morgan fingerprint density at radius 2 is 2.31 bits per heavy atom. The molecule has 1 aromatic rings. The number of nitrogens with zero attached hydrogens (tertiary/aromatic N) is 3. The highest BCUT2D eigenvalue weighted by Crippen LogP contribution is 2.07. The fourth-order valence-corrected chi connectivity index (χ4v) is 1.75. The molecule has 0 unspecified atom stereocenters. The Morgan fingerprint density at radius 3 is 2.75 bits per heavy atom. The molecule has 4 nitrogen and oxygen atoms in total. The molecule has 0 aliphatic carbocycles. The van der Waals surface area contributed by atoms with E-state index in [1.807, 2.05) is 19.9 Å². The van der Waals surface area contributed by atoms with Gasteiger partial charge in [0, 0.05) is 26.0 Å². The minimum atomic E-state index is 0.0238. The second-order valence-corrected chi connectivity index (χ2v) is 4.10. The number of aryl methyl sites for hydroxylation is 2. The minimum absolute atomic E-state index is 0.0238. The van der Waals surface area contributed by atoms with Crippen molar-refractivity contribution in [1.82, 2.24) is 14.7 Å². The molecule has 0 aliphatic rings. The lowest BCUT2D eigenvalue weighted by Crippen LogP contribution is -2.33. The average Bonchev–Trinajstić information content (AvgIpc) is 2.58. The lowest BCUT2D eigenvalue weighted by Gasteiger charge is -2.20. The highest BCUT2D eigenvalue weighted by Gasteiger charge is 2.17. The predicted molar refractivity (Wildman–Crippen MR) is 64.9 cm³/mol. The molecule has 5 heteroatoms. The van der Waals surface area contributed by atoms with Gasteiger partial charge < -0.3 is 4.90 Å². The van der Waals surface area contributed by atoms with E-state index in [2.05, 4.69) is 5.10 Å². The predicted octanol–water partition coefficient (Wildman–Crippen LogP) is 1.82. The van der Waals surface area contributed by atoms with E-state index in [1.54, 1.807) is 16.6 Å². The Kier molecular flexibility index (Phi) is 4.80. The molecule has 0 saturated carbocycles. The van der Waals surface area contributed by atoms with Crippen molar-refractivity contribution >= 4 is 17.5 Å². The zero-order valence-corrected chi connectivity index (χ0v) is 10.8. The quantitative estimate of drug-likeness (QED) is 0.740. The Hall–Kier alpha value is -1.03. The first kappa shape index (κ1) is 13.0. The van der Waals surface area contributed by atoms with Crippen LogP contribution in [-0.4, -0.2) is 39.6 Å². The van der Waals surface area contributed by atoms with E-state index in [0.717, 1.165) is 12.1 Å². The third-order valence-electron chi connectivity index (χ3n) is 2.45. The summed E-state index contributed by atoms with van der Waals surface area (Å²) in [6.45, 7) is 5.24. The fraction of sp³-hybridized carbons (Fsp3) is 0.636. The van der Waals surface area contributed by atoms with E-state index in [9.17, 15) is 4.79 Å². The summed E-state index contributed by atoms with van der Waals surface area (Å²) in [5, 5.41) is 4.17. The zero-order valence-electron chi connectivity index (χ0n) is 10.0. The Morgan fingerprint density at radius 1 is 1.62 bits per heavy atom. The van der Waals surface area contributed by atoms with Crippen molar-refractivity contribution in [3.63, 3.8) is 0 Å². The summed E-state index contributed by atoms with van der Waals surface area (Å²) < 4.78 is 1.63. The van der Waals surface area contributed by atoms with E-state index in [0.29, 0.717) is 24.7 Å². The van der Waals surface area contributed by atoms with Crippen LogP contribution < -0.4 is 0 Å². The maximum atomic E-state index is 12.1. The standard InChI is InChI=1S/C11H18ClN3O/c1-4-15(7-5-6-12)11(16)10-8-9(2)13-14(10)3/h8H,4-7H2,1-3H3. The number of aromatic nitrogens is 2. The second-order valence-electron chi connectivity index (χ2n) is 3.72. The molecule has 90 valence electrons. The van der Waals surface area contributed by atoms with Crippen LogP contribution in [0.25, 0.3) is 0 Å². The van der Waals surface area contributed by atoms with E-state index in [-0.39, 0.29) is 5.91 Å². The summed E-state index contributed by atoms with van der Waals surface area (Å²) in [5.74, 6) is 0.601. The molecule has 0 aromatic carbocycles. The molecule has 1 heterocycles. The molecule has 0 bridgehead atoms. The van der Waals surface area contributed by atoms with E-state index in [1.165, 1.54) is 0 Å². The SMILES string of the molecule is CCN(CCCCl)C(=O)c1cc(C)nn1C. The fourth-order valence-electron chi connectivity index (χ4n) is 1.63. The van der Waals surface area contributed by atoms with Crippen LogP contribution in [0.1, 0.15) is 29.5 Å². The third-order valence-corrected chi connectivity index (χ3v) is 2.72. The molecule has 0 aliphatic heterocycles. The average molecular weight is 244 g/mol. The lowest BCUT2D eigenvalue weighted by molar-refractivity contribution is 0.0754. The van der Waals surface area contributed by atoms with Crippen LogP contribution in [0.3, 0.4) is 0 Å². The Bertz CT molecular complexity index is 362. The van der Waals surface area contributed by atoms with Crippen molar-refractivity contribution in [2.75, 3.05) is 19.0 Å². The smallest absolute Gasteiger partial charge is 0.272 e. The monoisotopic (exact) mass is 243 g/mol. The highest BCUT2D eigenvalue weighted by molar-refractivity contribution is 6.17. The molecule has 1 rings (SSSR count). The maximum Gasteiger partial charge on any atom is 0.272 e. The van der Waals surface area contributed by atoms with Crippen LogP contribution in [0.2, 0.25) is 0 Å². The van der Waals surface area contributed by atoms with Gasteiger partial charge in [-0.1, -0.05) is 0 Å². The zero-order chi connectivity index (χ0) is 12.1. The van der Waals surface area contributed by atoms with Gasteiger partial charge in [-0.3, -0.25) is 9.48 Å². The summed E-state index contributed by atoms with van der Waals surface area (Å²) in [6, 6.07) is 1.81. The van der Waals surface area contributed by atoms with E-state index < -0.39 is 0 Å². The van der Waals surface area contributed by atoms with E-state index >= 15 is 0 Å². The first-order valence-electron chi connectivity index (χ1n) is 5.46. The molecule has 1 amide bonds. The van der Waals surface area contributed by atoms with Crippen LogP contribution in [0.15, 0.2) is 6.07 Å². The van der Waals surface area contributed by atoms with Gasteiger partial charge in [0.15, 0.2) is 0 Å². The first-order valence-corrected chi connectivity index (χ1v) is 5.99. The van der Waals surface area contributed by atoms with Crippen molar-refractivity contribution in [1.29, 1.82) is 0 Å². The van der Waals surface area contributed by atoms with Gasteiger partial charge in [0.05, 0.1) is 5.69 Å². The Labute approximate surface area is 101 Å². The van der Waals surface area contributed by atoms with Gasteiger partial charge in [0.2, 0.25) is 0 Å². The molecule has 0 radical (unpaired) electrons. The van der Waals surface area contributed by atoms with E-state index in [4.69, 9.17) is 11.6 Å². The summed E-state index contributed by atoms with van der Waals surface area (Å²) >= 11 is 5.63. The molecule has 0 saturated heterocycles. The van der Waals surface area contributed by atoms with Crippen LogP contribution in [0.4, 0.5) is 0 Å². The molecule has 0 fully saturated rings. The van der Waals surface area contributed by atoms with Gasteiger partial charge >= 0.3 is 0 Å². The molecular weight excluding hydrogens is 226 g/mol. The van der Waals surface area contributed by atoms with Crippen LogP contribution in [-0.2, 0) is 7.05 Å². The van der Waals surface area contributed by atoms with Gasteiger partial charge in [-0.25, -0.2) is 0 Å². The minimum Gasteiger partial charge on any atom is -0.338 e. The van der Waals surface area contributed by atoms with Crippen molar-refractivity contribution in [2.45, 2.75) is 20.3 Å². The normalized spacial score (nSPS) is 10.5. The highest BCUT2D eigenvalue weighted by atomic mass is 35.5. The molecule has 16 heavy (non-hydrogen) atoms. The number of hydrogen-bond acceptors (Lipinski definition) is 2. The third kappa shape index (κ3) is 2.98.